The van der Waals surface area contributed by atoms with Crippen molar-refractivity contribution in [2.24, 2.45) is 0 Å². The highest BCUT2D eigenvalue weighted by molar-refractivity contribution is 5.78. The van der Waals surface area contributed by atoms with Crippen LogP contribution in [0.25, 0.3) is 0 Å². The Kier molecular flexibility index (Phi) is 4.78. The van der Waals surface area contributed by atoms with Gasteiger partial charge in [-0.2, -0.15) is 0 Å². The smallest absolute Gasteiger partial charge is 0.339 e. The fourth-order valence-electron chi connectivity index (χ4n) is 3.84. The highest BCUT2D eigenvalue weighted by Crippen LogP contribution is 2.37. The summed E-state index contributed by atoms with van der Waals surface area (Å²) in [6.45, 7) is 2.10. The molecule has 2 saturated heterocycles. The van der Waals surface area contributed by atoms with Gasteiger partial charge in [0.1, 0.15) is 11.9 Å². The number of carbonyl (C=O) groups is 2. The lowest BCUT2D eigenvalue weighted by molar-refractivity contribution is -0.163. The minimum atomic E-state index is -1.23. The van der Waals surface area contributed by atoms with Gasteiger partial charge in [-0.25, -0.2) is 4.79 Å². The lowest BCUT2D eigenvalue weighted by atomic mass is 9.99. The van der Waals surface area contributed by atoms with Crippen molar-refractivity contribution in [3.8, 4) is 0 Å². The number of hydrogen-bond acceptors (Lipinski definition) is 5. The number of benzene rings is 1. The first-order chi connectivity index (χ1) is 11.0. The van der Waals surface area contributed by atoms with Gasteiger partial charge in [0.25, 0.3) is 0 Å². The third-order valence-corrected chi connectivity index (χ3v) is 4.87. The van der Waals surface area contributed by atoms with Crippen LogP contribution in [0.3, 0.4) is 0 Å². The van der Waals surface area contributed by atoms with E-state index in [2.05, 4.69) is 4.90 Å². The quantitative estimate of drug-likeness (QED) is 0.840. The summed E-state index contributed by atoms with van der Waals surface area (Å²) in [7, 11) is 0. The second-order valence-corrected chi connectivity index (χ2v) is 6.60. The molecule has 2 bridgehead atoms. The third kappa shape index (κ3) is 3.62. The van der Waals surface area contributed by atoms with Crippen LogP contribution in [0.4, 0.5) is 0 Å². The summed E-state index contributed by atoms with van der Waals surface area (Å²) in [4.78, 5) is 25.8. The number of aliphatic hydroxyl groups is 1. The molecule has 0 radical (unpaired) electrons. The van der Waals surface area contributed by atoms with Crippen LogP contribution in [0.15, 0.2) is 30.3 Å². The van der Waals surface area contributed by atoms with Crippen molar-refractivity contribution < 1.29 is 19.4 Å². The monoisotopic (exact) mass is 317 g/mol. The molecule has 1 aromatic carbocycles. The fourth-order valence-corrected chi connectivity index (χ4v) is 3.84. The van der Waals surface area contributed by atoms with Gasteiger partial charge in [0, 0.05) is 24.9 Å². The number of hydrogen-bond donors (Lipinski definition) is 1. The molecule has 5 nitrogen and oxygen atoms in total. The van der Waals surface area contributed by atoms with E-state index in [-0.39, 0.29) is 11.9 Å². The highest BCUT2D eigenvalue weighted by atomic mass is 16.6. The zero-order valence-corrected chi connectivity index (χ0v) is 13.4. The Morgan fingerprint density at radius 3 is 2.39 bits per heavy atom. The second-order valence-electron chi connectivity index (χ2n) is 6.60. The molecule has 0 aliphatic carbocycles. The Labute approximate surface area is 136 Å². The van der Waals surface area contributed by atoms with Gasteiger partial charge in [0.2, 0.25) is 0 Å². The molecule has 2 heterocycles. The molecule has 124 valence electrons. The minimum Gasteiger partial charge on any atom is -0.460 e. The molecule has 2 fully saturated rings. The van der Waals surface area contributed by atoms with Gasteiger partial charge in [-0.1, -0.05) is 30.3 Å². The molecular formula is C18H23NO4. The zero-order chi connectivity index (χ0) is 16.4. The summed E-state index contributed by atoms with van der Waals surface area (Å²) in [5, 5.41) is 10.1. The van der Waals surface area contributed by atoms with Crippen molar-refractivity contribution in [2.75, 3.05) is 6.54 Å². The Morgan fingerprint density at radius 2 is 1.83 bits per heavy atom. The van der Waals surface area contributed by atoms with Crippen LogP contribution in [-0.4, -0.2) is 46.5 Å². The van der Waals surface area contributed by atoms with Crippen LogP contribution in [0.5, 0.6) is 0 Å². The molecule has 0 saturated carbocycles. The summed E-state index contributed by atoms with van der Waals surface area (Å²) >= 11 is 0. The van der Waals surface area contributed by atoms with Crippen molar-refractivity contribution in [3.05, 3.63) is 35.9 Å². The Hall–Kier alpha value is -1.72. The number of ketones is 1. The molecule has 1 aromatic rings. The van der Waals surface area contributed by atoms with E-state index in [0.29, 0.717) is 24.2 Å². The molecule has 2 aliphatic rings. The first kappa shape index (κ1) is 16.1. The van der Waals surface area contributed by atoms with Crippen LogP contribution >= 0.6 is 0 Å². The molecule has 3 atom stereocenters. The average Bonchev–Trinajstić information content (AvgIpc) is 2.77. The fraction of sp³-hybridized carbons (Fsp3) is 0.556. The van der Waals surface area contributed by atoms with Crippen LogP contribution in [0, 0.1) is 0 Å². The minimum absolute atomic E-state index is 0.165. The SMILES string of the molecule is CC(=O)CN1[C@H]2CC[C@H]1CC(OC(=O)[C@@H](O)c1ccccc1)C2. The van der Waals surface area contributed by atoms with E-state index in [9.17, 15) is 14.7 Å². The maximum atomic E-state index is 12.2. The summed E-state index contributed by atoms with van der Waals surface area (Å²) < 4.78 is 5.54. The molecule has 0 amide bonds. The van der Waals surface area contributed by atoms with Crippen molar-refractivity contribution in [1.82, 2.24) is 4.90 Å². The molecule has 0 unspecified atom stereocenters. The molecule has 3 rings (SSSR count). The van der Waals surface area contributed by atoms with Crippen molar-refractivity contribution in [2.45, 2.75) is 56.9 Å². The normalized spacial score (nSPS) is 28.3. The van der Waals surface area contributed by atoms with Crippen LogP contribution in [-0.2, 0) is 14.3 Å². The Balaban J connectivity index is 1.58. The van der Waals surface area contributed by atoms with E-state index in [0.717, 1.165) is 25.7 Å². The molecular weight excluding hydrogens is 294 g/mol. The summed E-state index contributed by atoms with van der Waals surface area (Å²) in [5.41, 5.74) is 0.550. The summed E-state index contributed by atoms with van der Waals surface area (Å²) in [6, 6.07) is 9.45. The van der Waals surface area contributed by atoms with E-state index in [4.69, 9.17) is 4.74 Å². The maximum Gasteiger partial charge on any atom is 0.339 e. The number of nitrogens with zero attached hydrogens (tertiary/aromatic N) is 1. The lowest BCUT2D eigenvalue weighted by Gasteiger charge is -2.38. The number of piperidine rings is 1. The first-order valence-electron chi connectivity index (χ1n) is 8.23. The number of carbonyl (C=O) groups excluding carboxylic acids is 2. The Morgan fingerprint density at radius 1 is 1.22 bits per heavy atom. The number of fused-ring (bicyclic) bond motifs is 2. The van der Waals surface area contributed by atoms with Crippen LogP contribution in [0.1, 0.15) is 44.3 Å². The predicted octanol–water partition coefficient (Wildman–Crippen LogP) is 1.85. The van der Waals surface area contributed by atoms with Gasteiger partial charge in [0.05, 0.1) is 6.54 Å². The third-order valence-electron chi connectivity index (χ3n) is 4.87. The van der Waals surface area contributed by atoms with Gasteiger partial charge < -0.3 is 9.84 Å². The van der Waals surface area contributed by atoms with Gasteiger partial charge >= 0.3 is 5.97 Å². The number of Topliss-reactive ketones (excluding diaryl/α,β-unsaturated/α-hetero) is 1. The second kappa shape index (κ2) is 6.81. The molecule has 1 N–H and O–H groups in total. The van der Waals surface area contributed by atoms with Gasteiger partial charge in [-0.05, 0) is 25.3 Å². The van der Waals surface area contributed by atoms with Crippen molar-refractivity contribution in [3.63, 3.8) is 0 Å². The van der Waals surface area contributed by atoms with Gasteiger partial charge in [0.15, 0.2) is 6.10 Å². The molecule has 0 spiro atoms. The zero-order valence-electron chi connectivity index (χ0n) is 13.4. The van der Waals surface area contributed by atoms with E-state index in [1.807, 2.05) is 6.07 Å². The lowest BCUT2D eigenvalue weighted by Crippen LogP contribution is -2.47. The van der Waals surface area contributed by atoms with Gasteiger partial charge in [-0.15, -0.1) is 0 Å². The predicted molar refractivity (Wildman–Crippen MR) is 84.7 cm³/mol. The number of aliphatic hydroxyl groups excluding tert-OH is 1. The van der Waals surface area contributed by atoms with Crippen LogP contribution < -0.4 is 0 Å². The highest BCUT2D eigenvalue weighted by Gasteiger charge is 2.42. The first-order valence-corrected chi connectivity index (χ1v) is 8.23. The largest absolute Gasteiger partial charge is 0.460 e. The van der Waals surface area contributed by atoms with E-state index in [1.54, 1.807) is 31.2 Å². The topological polar surface area (TPSA) is 66.8 Å². The number of esters is 1. The van der Waals surface area contributed by atoms with E-state index >= 15 is 0 Å². The number of rotatable bonds is 5. The molecule has 23 heavy (non-hydrogen) atoms. The Bertz CT molecular complexity index is 560. The van der Waals surface area contributed by atoms with Crippen LogP contribution in [0.2, 0.25) is 0 Å². The molecule has 0 aromatic heterocycles. The van der Waals surface area contributed by atoms with Crippen molar-refractivity contribution >= 4 is 11.8 Å². The molecule has 5 heteroatoms. The maximum absolute atomic E-state index is 12.2. The van der Waals surface area contributed by atoms with E-state index < -0.39 is 12.1 Å². The number of ether oxygens (including phenoxy) is 1. The van der Waals surface area contributed by atoms with Crippen molar-refractivity contribution in [1.29, 1.82) is 0 Å². The summed E-state index contributed by atoms with van der Waals surface area (Å²) in [5.74, 6) is -0.405. The molecule has 2 aliphatic heterocycles. The van der Waals surface area contributed by atoms with E-state index in [1.165, 1.54) is 0 Å². The van der Waals surface area contributed by atoms with Gasteiger partial charge in [-0.3, -0.25) is 9.69 Å². The summed E-state index contributed by atoms with van der Waals surface area (Å²) in [6.07, 6.45) is 2.19. The standard InChI is InChI=1S/C18H23NO4/c1-12(20)11-19-14-7-8-15(19)10-16(9-14)23-18(22)17(21)13-5-3-2-4-6-13/h2-6,14-17,21H,7-11H2,1H3/t14-,15-,17-/m0/s1. The average molecular weight is 317 g/mol.